The molecule has 1 aromatic carbocycles. The van der Waals surface area contributed by atoms with Crippen LogP contribution in [0.1, 0.15) is 121 Å². The number of fused-ring (bicyclic) bond motifs is 2. The van der Waals surface area contributed by atoms with Gasteiger partial charge in [-0.3, -0.25) is 33.8 Å². The zero-order valence-electron chi connectivity index (χ0n) is 31.6. The summed E-state index contributed by atoms with van der Waals surface area (Å²) in [6.45, 7) is 9.24. The zero-order chi connectivity index (χ0) is 38.3. The van der Waals surface area contributed by atoms with Gasteiger partial charge in [-0.15, -0.1) is 0 Å². The number of rotatable bonds is 14. The molecule has 2 saturated carbocycles. The maximum Gasteiger partial charge on any atom is 0.290 e. The Morgan fingerprint density at radius 2 is 1.60 bits per heavy atom. The van der Waals surface area contributed by atoms with Gasteiger partial charge in [-0.25, -0.2) is 4.98 Å². The molecule has 1 saturated heterocycles. The number of Topliss-reactive ketones (excluding diaryl/α,β-unsaturated/α-hetero) is 1. The first-order valence-corrected chi connectivity index (χ1v) is 19.2. The van der Waals surface area contributed by atoms with E-state index in [1.165, 1.54) is 18.6 Å². The van der Waals surface area contributed by atoms with Crippen molar-refractivity contribution in [3.63, 3.8) is 0 Å². The standard InChI is InChI=1S/C40H55N7O6/c1-6-13-29(33(48)38(52)43-24(2)25-14-9-7-10-15-25)44-37(51)32-27-18-19-28(22-27)47(32)39(53)34(40(3,4)5)46-36(50)31(26-16-11-8-12-17-26)45-35(49)30-23-41-20-21-42-30/h7,9-10,14-15,20-21,23-24,26-29,31-32,34H,6,8,11-13,16-19,22H2,1-5H3,(H,43,52)(H,44,51)(H,45,49)(H,46,50)/t24-,27?,28?,29?,31-,32?,34+/m0/s1. The van der Waals surface area contributed by atoms with Crippen molar-refractivity contribution in [3.8, 4) is 0 Å². The van der Waals surface area contributed by atoms with Crippen LogP contribution < -0.4 is 21.3 Å². The van der Waals surface area contributed by atoms with Crippen LogP contribution in [0.5, 0.6) is 0 Å². The van der Waals surface area contributed by atoms with E-state index in [1.54, 1.807) is 11.8 Å². The second-order valence-corrected chi connectivity index (χ2v) is 16.0. The molecule has 1 aliphatic heterocycles. The summed E-state index contributed by atoms with van der Waals surface area (Å²) in [6, 6.07) is 4.87. The van der Waals surface area contributed by atoms with Crippen LogP contribution in [0.3, 0.4) is 0 Å². The molecule has 53 heavy (non-hydrogen) atoms. The zero-order valence-corrected chi connectivity index (χ0v) is 31.6. The first-order chi connectivity index (χ1) is 25.3. The summed E-state index contributed by atoms with van der Waals surface area (Å²) < 4.78 is 0. The molecule has 286 valence electrons. The third kappa shape index (κ3) is 9.47. The van der Waals surface area contributed by atoms with Gasteiger partial charge in [-0.05, 0) is 68.3 Å². The van der Waals surface area contributed by atoms with Gasteiger partial charge in [0.15, 0.2) is 0 Å². The van der Waals surface area contributed by atoms with Crippen LogP contribution in [0.15, 0.2) is 48.9 Å². The highest BCUT2D eigenvalue weighted by molar-refractivity contribution is 6.38. The molecule has 4 unspecified atom stereocenters. The van der Waals surface area contributed by atoms with Crippen LogP contribution >= 0.6 is 0 Å². The lowest BCUT2D eigenvalue weighted by Crippen LogP contribution is -2.64. The predicted octanol–water partition coefficient (Wildman–Crippen LogP) is 3.80. The smallest absolute Gasteiger partial charge is 0.290 e. The Hall–Kier alpha value is -4.68. The van der Waals surface area contributed by atoms with E-state index in [1.807, 2.05) is 58.0 Å². The number of benzene rings is 1. The third-order valence-corrected chi connectivity index (χ3v) is 11.1. The molecule has 13 nitrogen and oxygen atoms in total. The number of ketones is 1. The van der Waals surface area contributed by atoms with E-state index < -0.39 is 65.0 Å². The van der Waals surface area contributed by atoms with Gasteiger partial charge in [0.05, 0.1) is 18.3 Å². The fourth-order valence-corrected chi connectivity index (χ4v) is 8.23. The largest absolute Gasteiger partial charge is 0.344 e. The molecule has 1 aromatic heterocycles. The molecule has 2 aliphatic carbocycles. The lowest BCUT2D eigenvalue weighted by molar-refractivity contribution is -0.149. The number of hydrogen-bond acceptors (Lipinski definition) is 8. The second kappa shape index (κ2) is 17.4. The minimum atomic E-state index is -1.06. The summed E-state index contributed by atoms with van der Waals surface area (Å²) in [5.74, 6) is -3.59. The number of nitrogens with one attached hydrogen (secondary N) is 4. The average molecular weight is 730 g/mol. The molecule has 13 heteroatoms. The topological polar surface area (TPSA) is 180 Å². The van der Waals surface area contributed by atoms with Gasteiger partial charge >= 0.3 is 0 Å². The molecule has 2 heterocycles. The number of carbonyl (C=O) groups is 6. The molecular formula is C40H55N7O6. The molecule has 7 atom stereocenters. The predicted molar refractivity (Wildman–Crippen MR) is 198 cm³/mol. The highest BCUT2D eigenvalue weighted by Crippen LogP contribution is 2.44. The average Bonchev–Trinajstić information content (AvgIpc) is 3.78. The molecule has 3 aliphatic rings. The van der Waals surface area contributed by atoms with Gasteiger partial charge in [-0.1, -0.05) is 83.7 Å². The van der Waals surface area contributed by atoms with Gasteiger partial charge in [0.2, 0.25) is 23.5 Å². The number of aromatic nitrogens is 2. The number of nitrogens with zero attached hydrogens (tertiary/aromatic N) is 3. The summed E-state index contributed by atoms with van der Waals surface area (Å²) in [4.78, 5) is 92.5. The highest BCUT2D eigenvalue weighted by atomic mass is 16.2. The summed E-state index contributed by atoms with van der Waals surface area (Å²) in [6.07, 6.45) is 11.6. The summed E-state index contributed by atoms with van der Waals surface area (Å²) in [5, 5.41) is 11.5. The molecule has 5 amide bonds. The fraction of sp³-hybridized carbons (Fsp3) is 0.600. The Bertz CT molecular complexity index is 1620. The minimum absolute atomic E-state index is 0.0922. The maximum atomic E-state index is 14.7. The lowest BCUT2D eigenvalue weighted by Gasteiger charge is -2.41. The van der Waals surface area contributed by atoms with E-state index in [2.05, 4.69) is 31.2 Å². The number of piperidine rings is 1. The molecule has 2 aromatic rings. The number of likely N-dealkylation sites (tertiary alicyclic amines) is 1. The normalized spacial score (nSPS) is 22.2. The Balaban J connectivity index is 1.33. The van der Waals surface area contributed by atoms with Crippen LogP contribution in [-0.4, -0.2) is 80.4 Å². The van der Waals surface area contributed by atoms with Crippen molar-refractivity contribution in [1.82, 2.24) is 36.1 Å². The van der Waals surface area contributed by atoms with Crippen molar-refractivity contribution in [3.05, 3.63) is 60.2 Å². The third-order valence-electron chi connectivity index (χ3n) is 11.1. The quantitative estimate of drug-likeness (QED) is 0.212. The van der Waals surface area contributed by atoms with Crippen LogP contribution in [0.2, 0.25) is 0 Å². The number of amides is 5. The van der Waals surface area contributed by atoms with Gasteiger partial charge in [0.1, 0.15) is 23.8 Å². The summed E-state index contributed by atoms with van der Waals surface area (Å²) in [5.41, 5.74) is 0.185. The highest BCUT2D eigenvalue weighted by Gasteiger charge is 2.54. The first-order valence-electron chi connectivity index (χ1n) is 19.2. The molecule has 4 N–H and O–H groups in total. The number of hydrogen-bond donors (Lipinski definition) is 4. The van der Waals surface area contributed by atoms with Crippen LogP contribution in [0.4, 0.5) is 0 Å². The van der Waals surface area contributed by atoms with Crippen molar-refractivity contribution < 1.29 is 28.8 Å². The van der Waals surface area contributed by atoms with E-state index in [-0.39, 0.29) is 35.9 Å². The summed E-state index contributed by atoms with van der Waals surface area (Å²) in [7, 11) is 0. The van der Waals surface area contributed by atoms with E-state index in [0.29, 0.717) is 12.8 Å². The maximum absolute atomic E-state index is 14.7. The second-order valence-electron chi connectivity index (χ2n) is 16.0. The van der Waals surface area contributed by atoms with Crippen molar-refractivity contribution >= 4 is 35.3 Å². The van der Waals surface area contributed by atoms with E-state index in [0.717, 1.165) is 50.5 Å². The molecule has 2 bridgehead atoms. The Morgan fingerprint density at radius 1 is 0.887 bits per heavy atom. The van der Waals surface area contributed by atoms with Gasteiger partial charge < -0.3 is 26.2 Å². The van der Waals surface area contributed by atoms with Crippen molar-refractivity contribution in [2.24, 2.45) is 17.3 Å². The first kappa shape index (κ1) is 39.5. The number of carbonyl (C=O) groups excluding carboxylic acids is 6. The van der Waals surface area contributed by atoms with Crippen molar-refractivity contribution in [1.29, 1.82) is 0 Å². The van der Waals surface area contributed by atoms with Crippen LogP contribution in [-0.2, 0) is 24.0 Å². The van der Waals surface area contributed by atoms with Gasteiger partial charge in [0, 0.05) is 18.4 Å². The van der Waals surface area contributed by atoms with Gasteiger partial charge in [0.25, 0.3) is 11.8 Å². The van der Waals surface area contributed by atoms with Crippen LogP contribution in [0, 0.1) is 17.3 Å². The molecule has 3 fully saturated rings. The van der Waals surface area contributed by atoms with E-state index >= 15 is 0 Å². The molecule has 5 rings (SSSR count). The molecule has 0 radical (unpaired) electrons. The van der Waals surface area contributed by atoms with Crippen molar-refractivity contribution in [2.45, 2.75) is 135 Å². The SMILES string of the molecule is CCCC(NC(=O)C1C2CCC(C2)N1C(=O)[C@@H](NC(=O)[C@@H](NC(=O)c1cnccn1)C1CCCCC1)C(C)(C)C)C(=O)C(=O)N[C@@H](C)c1ccccc1. The lowest BCUT2D eigenvalue weighted by atomic mass is 9.81. The summed E-state index contributed by atoms with van der Waals surface area (Å²) >= 11 is 0. The van der Waals surface area contributed by atoms with E-state index in [9.17, 15) is 28.8 Å². The minimum Gasteiger partial charge on any atom is -0.344 e. The molecular weight excluding hydrogens is 674 g/mol. The molecule has 0 spiro atoms. The van der Waals surface area contributed by atoms with Crippen LogP contribution in [0.25, 0.3) is 0 Å². The van der Waals surface area contributed by atoms with E-state index in [4.69, 9.17) is 0 Å². The Kier molecular flexibility index (Phi) is 13.0. The van der Waals surface area contributed by atoms with Crippen molar-refractivity contribution in [2.75, 3.05) is 0 Å². The van der Waals surface area contributed by atoms with Gasteiger partial charge in [-0.2, -0.15) is 0 Å². The Morgan fingerprint density at radius 3 is 2.25 bits per heavy atom. The Labute approximate surface area is 312 Å². The fourth-order valence-electron chi connectivity index (χ4n) is 8.23. The monoisotopic (exact) mass is 729 g/mol.